The van der Waals surface area contributed by atoms with Crippen LogP contribution in [-0.4, -0.2) is 37.0 Å². The van der Waals surface area contributed by atoms with Gasteiger partial charge in [-0.2, -0.15) is 0 Å². The Hall–Kier alpha value is -1.55. The molecule has 0 aliphatic rings. The minimum absolute atomic E-state index is 0.0463. The second-order valence-electron chi connectivity index (χ2n) is 4.35. The molecule has 1 aromatic carbocycles. The third-order valence-corrected chi connectivity index (χ3v) is 2.83. The number of nitrogens with zero attached hydrogens (tertiary/aromatic N) is 1. The molecule has 2 N–H and O–H groups in total. The number of hydrogen-bond acceptors (Lipinski definition) is 3. The van der Waals surface area contributed by atoms with Gasteiger partial charge in [-0.3, -0.25) is 4.79 Å². The van der Waals surface area contributed by atoms with Crippen molar-refractivity contribution in [3.05, 3.63) is 30.3 Å². The van der Waals surface area contributed by atoms with Crippen LogP contribution < -0.4 is 10.5 Å². The molecular formula is C14H22N2O2. The van der Waals surface area contributed by atoms with E-state index in [1.807, 2.05) is 37.3 Å². The normalized spacial score (nSPS) is 11.9. The van der Waals surface area contributed by atoms with Gasteiger partial charge >= 0.3 is 0 Å². The van der Waals surface area contributed by atoms with Crippen molar-refractivity contribution in [2.75, 3.05) is 20.2 Å². The van der Waals surface area contributed by atoms with Crippen molar-refractivity contribution in [1.82, 2.24) is 4.90 Å². The Labute approximate surface area is 109 Å². The van der Waals surface area contributed by atoms with E-state index < -0.39 is 0 Å². The highest BCUT2D eigenvalue weighted by Gasteiger charge is 2.12. The summed E-state index contributed by atoms with van der Waals surface area (Å²) in [5, 5.41) is 0. The zero-order valence-electron chi connectivity index (χ0n) is 11.1. The van der Waals surface area contributed by atoms with Crippen LogP contribution in [0, 0.1) is 0 Å². The van der Waals surface area contributed by atoms with E-state index in [4.69, 9.17) is 10.5 Å². The number of nitrogens with two attached hydrogens (primary N) is 1. The summed E-state index contributed by atoms with van der Waals surface area (Å²) in [5.74, 6) is 0.893. The minimum atomic E-state index is -0.0463. The number of benzene rings is 1. The zero-order chi connectivity index (χ0) is 13.4. The maximum absolute atomic E-state index is 11.7. The fourth-order valence-corrected chi connectivity index (χ4v) is 1.47. The standard InChI is InChI=1S/C14H22N2O2/c1-3-12(15)11-14(17)16(2)9-10-18-13-7-5-4-6-8-13/h4-8,12H,3,9-11,15H2,1-2H3. The third kappa shape index (κ3) is 5.19. The summed E-state index contributed by atoms with van der Waals surface area (Å²) < 4.78 is 5.53. The molecule has 0 heterocycles. The fraction of sp³-hybridized carbons (Fsp3) is 0.500. The van der Waals surface area contributed by atoms with Crippen LogP contribution in [0.25, 0.3) is 0 Å². The van der Waals surface area contributed by atoms with Crippen LogP contribution >= 0.6 is 0 Å². The Balaban J connectivity index is 2.24. The van der Waals surface area contributed by atoms with Gasteiger partial charge < -0.3 is 15.4 Å². The molecule has 0 aliphatic heterocycles. The van der Waals surface area contributed by atoms with Gasteiger partial charge in [0.25, 0.3) is 0 Å². The Morgan fingerprint density at radius 2 is 2.06 bits per heavy atom. The Morgan fingerprint density at radius 1 is 1.39 bits per heavy atom. The van der Waals surface area contributed by atoms with Crippen molar-refractivity contribution in [1.29, 1.82) is 0 Å². The van der Waals surface area contributed by atoms with Gasteiger partial charge in [0.05, 0.1) is 6.54 Å². The fourth-order valence-electron chi connectivity index (χ4n) is 1.47. The van der Waals surface area contributed by atoms with E-state index >= 15 is 0 Å². The Bertz CT molecular complexity index is 354. The van der Waals surface area contributed by atoms with E-state index in [-0.39, 0.29) is 11.9 Å². The lowest BCUT2D eigenvalue weighted by Gasteiger charge is -2.19. The minimum Gasteiger partial charge on any atom is -0.492 e. The van der Waals surface area contributed by atoms with Crippen molar-refractivity contribution < 1.29 is 9.53 Å². The summed E-state index contributed by atoms with van der Waals surface area (Å²) in [7, 11) is 1.78. The van der Waals surface area contributed by atoms with Crippen molar-refractivity contribution in [2.45, 2.75) is 25.8 Å². The van der Waals surface area contributed by atoms with E-state index in [1.165, 1.54) is 0 Å². The number of para-hydroxylation sites is 1. The van der Waals surface area contributed by atoms with Gasteiger partial charge in [0.15, 0.2) is 0 Å². The molecule has 0 bridgehead atoms. The highest BCUT2D eigenvalue weighted by atomic mass is 16.5. The average molecular weight is 250 g/mol. The van der Waals surface area contributed by atoms with E-state index in [1.54, 1.807) is 11.9 Å². The lowest BCUT2D eigenvalue weighted by molar-refractivity contribution is -0.130. The average Bonchev–Trinajstić information content (AvgIpc) is 2.39. The van der Waals surface area contributed by atoms with Crippen molar-refractivity contribution >= 4 is 5.91 Å². The number of rotatable bonds is 7. The molecule has 0 aliphatic carbocycles. The molecule has 0 aromatic heterocycles. The second-order valence-corrected chi connectivity index (χ2v) is 4.35. The van der Waals surface area contributed by atoms with Gasteiger partial charge in [0.1, 0.15) is 12.4 Å². The maximum atomic E-state index is 11.7. The van der Waals surface area contributed by atoms with E-state index in [9.17, 15) is 4.79 Å². The van der Waals surface area contributed by atoms with Crippen LogP contribution in [0.2, 0.25) is 0 Å². The summed E-state index contributed by atoms with van der Waals surface area (Å²) in [6.45, 7) is 3.05. The summed E-state index contributed by atoms with van der Waals surface area (Å²) in [6.07, 6.45) is 1.22. The summed E-state index contributed by atoms with van der Waals surface area (Å²) in [4.78, 5) is 13.4. The predicted octanol–water partition coefficient (Wildman–Crippen LogP) is 1.65. The molecule has 4 nitrogen and oxygen atoms in total. The quantitative estimate of drug-likeness (QED) is 0.800. The van der Waals surface area contributed by atoms with Crippen LogP contribution in [0.1, 0.15) is 19.8 Å². The topological polar surface area (TPSA) is 55.6 Å². The number of carbonyl (C=O) groups is 1. The zero-order valence-corrected chi connectivity index (χ0v) is 11.1. The smallest absolute Gasteiger partial charge is 0.223 e. The number of hydrogen-bond donors (Lipinski definition) is 1. The number of ether oxygens (including phenoxy) is 1. The molecule has 0 radical (unpaired) electrons. The van der Waals surface area contributed by atoms with Gasteiger partial charge in [0.2, 0.25) is 5.91 Å². The SMILES string of the molecule is CCC(N)CC(=O)N(C)CCOc1ccccc1. The monoisotopic (exact) mass is 250 g/mol. The van der Waals surface area contributed by atoms with Crippen molar-refractivity contribution in [3.8, 4) is 5.75 Å². The van der Waals surface area contributed by atoms with Crippen LogP contribution in [-0.2, 0) is 4.79 Å². The van der Waals surface area contributed by atoms with Crippen LogP contribution in [0.5, 0.6) is 5.75 Å². The first-order chi connectivity index (χ1) is 8.63. The third-order valence-electron chi connectivity index (χ3n) is 2.83. The van der Waals surface area contributed by atoms with Gasteiger partial charge in [0, 0.05) is 19.5 Å². The Morgan fingerprint density at radius 3 is 2.67 bits per heavy atom. The van der Waals surface area contributed by atoms with Gasteiger partial charge in [-0.1, -0.05) is 25.1 Å². The number of likely N-dealkylation sites (N-methyl/N-ethyl adjacent to an activating group) is 1. The summed E-state index contributed by atoms with van der Waals surface area (Å²) >= 11 is 0. The molecule has 1 unspecified atom stereocenters. The molecule has 0 saturated carbocycles. The predicted molar refractivity (Wildman–Crippen MR) is 72.5 cm³/mol. The van der Waals surface area contributed by atoms with E-state index in [0.29, 0.717) is 19.6 Å². The maximum Gasteiger partial charge on any atom is 0.223 e. The molecule has 4 heteroatoms. The number of carbonyl (C=O) groups excluding carboxylic acids is 1. The first-order valence-corrected chi connectivity index (χ1v) is 6.31. The van der Waals surface area contributed by atoms with E-state index in [2.05, 4.69) is 0 Å². The molecule has 100 valence electrons. The second kappa shape index (κ2) is 7.71. The summed E-state index contributed by atoms with van der Waals surface area (Å²) in [6, 6.07) is 9.53. The molecule has 1 amide bonds. The van der Waals surface area contributed by atoms with Gasteiger partial charge in [-0.15, -0.1) is 0 Å². The first kappa shape index (κ1) is 14.5. The van der Waals surface area contributed by atoms with E-state index in [0.717, 1.165) is 12.2 Å². The molecule has 18 heavy (non-hydrogen) atoms. The highest BCUT2D eigenvalue weighted by Crippen LogP contribution is 2.08. The largest absolute Gasteiger partial charge is 0.492 e. The molecule has 1 aromatic rings. The molecule has 1 atom stereocenters. The van der Waals surface area contributed by atoms with Crippen molar-refractivity contribution in [2.24, 2.45) is 5.73 Å². The van der Waals surface area contributed by atoms with Crippen molar-refractivity contribution in [3.63, 3.8) is 0 Å². The Kier molecular flexibility index (Phi) is 6.22. The van der Waals surface area contributed by atoms with Gasteiger partial charge in [-0.25, -0.2) is 0 Å². The lowest BCUT2D eigenvalue weighted by atomic mass is 10.1. The van der Waals surface area contributed by atoms with Gasteiger partial charge in [-0.05, 0) is 18.6 Å². The lowest BCUT2D eigenvalue weighted by Crippen LogP contribution is -2.35. The summed E-state index contributed by atoms with van der Waals surface area (Å²) in [5.41, 5.74) is 5.75. The molecule has 1 rings (SSSR count). The van der Waals surface area contributed by atoms with Crippen LogP contribution in [0.4, 0.5) is 0 Å². The number of amides is 1. The molecule has 0 spiro atoms. The highest BCUT2D eigenvalue weighted by molar-refractivity contribution is 5.76. The molecule has 0 fully saturated rings. The van der Waals surface area contributed by atoms with Crippen LogP contribution in [0.3, 0.4) is 0 Å². The first-order valence-electron chi connectivity index (χ1n) is 6.31. The molecule has 0 saturated heterocycles. The molecular weight excluding hydrogens is 228 g/mol. The van der Waals surface area contributed by atoms with Crippen LogP contribution in [0.15, 0.2) is 30.3 Å².